The van der Waals surface area contributed by atoms with Crippen LogP contribution in [0.25, 0.3) is 0 Å². The average molecular weight is 426 g/mol. The van der Waals surface area contributed by atoms with E-state index in [2.05, 4.69) is 31.9 Å². The van der Waals surface area contributed by atoms with E-state index >= 15 is 0 Å². The van der Waals surface area contributed by atoms with Crippen molar-refractivity contribution in [2.45, 2.75) is 19.8 Å². The molecule has 0 spiro atoms. The third-order valence-corrected chi connectivity index (χ3v) is 6.60. The Morgan fingerprint density at radius 3 is 1.90 bits per heavy atom. The summed E-state index contributed by atoms with van der Waals surface area (Å²) in [5.41, 5.74) is 0. The molecule has 0 atom stereocenters. The van der Waals surface area contributed by atoms with Gasteiger partial charge in [0.2, 0.25) is 0 Å². The molecule has 1 aromatic rings. The topological polar surface area (TPSA) is 27.7 Å². The molecular formula is C14H22Br2O3Si. The van der Waals surface area contributed by atoms with E-state index < -0.39 is 8.80 Å². The van der Waals surface area contributed by atoms with Gasteiger partial charge in [-0.3, -0.25) is 0 Å². The zero-order chi connectivity index (χ0) is 14.7. The first-order valence-corrected chi connectivity index (χ1v) is 10.8. The Balaban J connectivity index is 2.86. The number of hydrogen-bond acceptors (Lipinski definition) is 3. The monoisotopic (exact) mass is 424 g/mol. The SMILES string of the molecule is CCO[Si](OCCCBr)(OCCCBr)c1ccccc1. The first-order chi connectivity index (χ1) is 9.79. The smallest absolute Gasteiger partial charge is 0.370 e. The van der Waals surface area contributed by atoms with Crippen LogP contribution in [0.3, 0.4) is 0 Å². The Bertz CT molecular complexity index is 342. The molecule has 0 aliphatic carbocycles. The van der Waals surface area contributed by atoms with Gasteiger partial charge in [0.1, 0.15) is 0 Å². The average Bonchev–Trinajstić information content (AvgIpc) is 2.48. The van der Waals surface area contributed by atoms with E-state index in [1.807, 2.05) is 37.3 Å². The summed E-state index contributed by atoms with van der Waals surface area (Å²) >= 11 is 6.85. The first-order valence-electron chi connectivity index (χ1n) is 6.88. The third-order valence-electron chi connectivity index (χ3n) is 2.60. The molecule has 6 heteroatoms. The largest absolute Gasteiger partial charge is 0.537 e. The molecule has 0 heterocycles. The van der Waals surface area contributed by atoms with E-state index in [0.717, 1.165) is 28.7 Å². The molecule has 0 aliphatic rings. The highest BCUT2D eigenvalue weighted by Gasteiger charge is 2.43. The van der Waals surface area contributed by atoms with Crippen LogP contribution in [-0.4, -0.2) is 39.3 Å². The van der Waals surface area contributed by atoms with Gasteiger partial charge >= 0.3 is 8.80 Å². The standard InChI is InChI=1S/C14H22Br2O3Si/c1-2-17-20(18-12-6-10-15,19-13-7-11-16)14-8-4-3-5-9-14/h3-5,8-9H,2,6-7,10-13H2,1H3. The lowest BCUT2D eigenvalue weighted by atomic mass is 10.4. The van der Waals surface area contributed by atoms with Gasteiger partial charge in [0.25, 0.3) is 0 Å². The van der Waals surface area contributed by atoms with Gasteiger partial charge in [0.15, 0.2) is 0 Å². The summed E-state index contributed by atoms with van der Waals surface area (Å²) in [5, 5.41) is 2.87. The van der Waals surface area contributed by atoms with Crippen molar-refractivity contribution >= 4 is 45.9 Å². The molecule has 0 bridgehead atoms. The van der Waals surface area contributed by atoms with E-state index in [-0.39, 0.29) is 0 Å². The lowest BCUT2D eigenvalue weighted by Gasteiger charge is -2.29. The van der Waals surface area contributed by atoms with Crippen LogP contribution in [0.4, 0.5) is 0 Å². The summed E-state index contributed by atoms with van der Waals surface area (Å²) < 4.78 is 18.2. The molecular weight excluding hydrogens is 404 g/mol. The Kier molecular flexibility index (Phi) is 10.0. The molecule has 0 saturated heterocycles. The zero-order valence-corrected chi connectivity index (χ0v) is 16.0. The summed E-state index contributed by atoms with van der Waals surface area (Å²) in [6.07, 6.45) is 1.88. The molecule has 0 amide bonds. The van der Waals surface area contributed by atoms with Crippen LogP contribution < -0.4 is 5.19 Å². The quantitative estimate of drug-likeness (QED) is 0.308. The minimum Gasteiger partial charge on any atom is -0.370 e. The third kappa shape index (κ3) is 5.95. The molecule has 3 nitrogen and oxygen atoms in total. The molecule has 0 fully saturated rings. The van der Waals surface area contributed by atoms with Crippen LogP contribution >= 0.6 is 31.9 Å². The van der Waals surface area contributed by atoms with E-state index in [4.69, 9.17) is 13.3 Å². The molecule has 1 aromatic carbocycles. The van der Waals surface area contributed by atoms with Crippen molar-refractivity contribution in [1.82, 2.24) is 0 Å². The number of alkyl halides is 2. The van der Waals surface area contributed by atoms with Crippen LogP contribution in [0.5, 0.6) is 0 Å². The van der Waals surface area contributed by atoms with Gasteiger partial charge in [-0.25, -0.2) is 0 Å². The van der Waals surface area contributed by atoms with Gasteiger partial charge in [-0.05, 0) is 19.8 Å². The molecule has 114 valence electrons. The molecule has 0 aliphatic heterocycles. The number of rotatable bonds is 11. The lowest BCUT2D eigenvalue weighted by molar-refractivity contribution is 0.0778. The van der Waals surface area contributed by atoms with Gasteiger partial charge in [-0.15, -0.1) is 0 Å². The van der Waals surface area contributed by atoms with Crippen molar-refractivity contribution in [3.8, 4) is 0 Å². The minimum absolute atomic E-state index is 0.587. The van der Waals surface area contributed by atoms with Gasteiger partial charge in [0, 0.05) is 35.7 Å². The number of benzene rings is 1. The van der Waals surface area contributed by atoms with Crippen molar-refractivity contribution < 1.29 is 13.3 Å². The van der Waals surface area contributed by atoms with Crippen molar-refractivity contribution in [3.05, 3.63) is 30.3 Å². The normalized spacial score (nSPS) is 11.8. The molecule has 1 rings (SSSR count). The van der Waals surface area contributed by atoms with E-state index in [1.165, 1.54) is 0 Å². The predicted molar refractivity (Wildman–Crippen MR) is 92.2 cm³/mol. The van der Waals surface area contributed by atoms with E-state index in [1.54, 1.807) is 0 Å². The highest BCUT2D eigenvalue weighted by molar-refractivity contribution is 9.09. The fraction of sp³-hybridized carbons (Fsp3) is 0.571. The van der Waals surface area contributed by atoms with Crippen LogP contribution in [0, 0.1) is 0 Å². The first kappa shape index (κ1) is 18.3. The second kappa shape index (κ2) is 10.9. The minimum atomic E-state index is -2.79. The molecule has 0 N–H and O–H groups in total. The van der Waals surface area contributed by atoms with Crippen molar-refractivity contribution in [3.63, 3.8) is 0 Å². The van der Waals surface area contributed by atoms with Gasteiger partial charge in [-0.1, -0.05) is 62.2 Å². The summed E-state index contributed by atoms with van der Waals surface area (Å²) in [6, 6.07) is 10.1. The predicted octanol–water partition coefficient (Wildman–Crippen LogP) is 3.47. The van der Waals surface area contributed by atoms with Gasteiger partial charge in [0.05, 0.1) is 0 Å². The number of hydrogen-bond donors (Lipinski definition) is 0. The molecule has 0 aromatic heterocycles. The van der Waals surface area contributed by atoms with Crippen LogP contribution in [0.1, 0.15) is 19.8 Å². The summed E-state index contributed by atoms with van der Waals surface area (Å²) in [4.78, 5) is 0. The van der Waals surface area contributed by atoms with Gasteiger partial charge in [-0.2, -0.15) is 0 Å². The van der Waals surface area contributed by atoms with Crippen molar-refractivity contribution in [2.75, 3.05) is 30.5 Å². The molecule has 0 radical (unpaired) electrons. The summed E-state index contributed by atoms with van der Waals surface area (Å²) in [5.74, 6) is 0. The fourth-order valence-corrected chi connectivity index (χ4v) is 4.74. The molecule has 0 saturated carbocycles. The second-order valence-electron chi connectivity index (χ2n) is 4.14. The maximum Gasteiger partial charge on any atom is 0.537 e. The van der Waals surface area contributed by atoms with Crippen LogP contribution in [0.15, 0.2) is 30.3 Å². The Morgan fingerprint density at radius 1 is 0.900 bits per heavy atom. The highest BCUT2D eigenvalue weighted by atomic mass is 79.9. The zero-order valence-electron chi connectivity index (χ0n) is 11.8. The Labute approximate surface area is 139 Å². The Hall–Kier alpha value is 0.277. The van der Waals surface area contributed by atoms with E-state index in [9.17, 15) is 0 Å². The lowest BCUT2D eigenvalue weighted by Crippen LogP contribution is -2.57. The fourth-order valence-electron chi connectivity index (χ4n) is 1.73. The highest BCUT2D eigenvalue weighted by Crippen LogP contribution is 2.12. The van der Waals surface area contributed by atoms with Gasteiger partial charge < -0.3 is 13.3 Å². The van der Waals surface area contributed by atoms with E-state index in [0.29, 0.717) is 19.8 Å². The summed E-state index contributed by atoms with van der Waals surface area (Å²) in [6.45, 7) is 3.84. The van der Waals surface area contributed by atoms with Crippen molar-refractivity contribution in [1.29, 1.82) is 0 Å². The molecule has 20 heavy (non-hydrogen) atoms. The van der Waals surface area contributed by atoms with Crippen LogP contribution in [-0.2, 0) is 13.3 Å². The number of halogens is 2. The maximum absolute atomic E-state index is 6.09. The summed E-state index contributed by atoms with van der Waals surface area (Å²) in [7, 11) is -2.79. The Morgan fingerprint density at radius 2 is 1.45 bits per heavy atom. The van der Waals surface area contributed by atoms with Crippen molar-refractivity contribution in [2.24, 2.45) is 0 Å². The second-order valence-corrected chi connectivity index (χ2v) is 8.28. The maximum atomic E-state index is 6.09. The molecule has 0 unspecified atom stereocenters. The van der Waals surface area contributed by atoms with Crippen LogP contribution in [0.2, 0.25) is 0 Å².